The van der Waals surface area contributed by atoms with Gasteiger partial charge in [0, 0.05) is 17.8 Å². The molecule has 0 bridgehead atoms. The first-order chi connectivity index (χ1) is 15.5. The van der Waals surface area contributed by atoms with Crippen LogP contribution in [0.3, 0.4) is 0 Å². The van der Waals surface area contributed by atoms with Crippen LogP contribution in [0.4, 0.5) is 10.1 Å². The predicted molar refractivity (Wildman–Crippen MR) is 118 cm³/mol. The van der Waals surface area contributed by atoms with Gasteiger partial charge < -0.3 is 14.4 Å². The Morgan fingerprint density at radius 2 is 1.81 bits per heavy atom. The largest absolute Gasteiger partial charge is 0.494 e. The normalized spacial score (nSPS) is 14.4. The molecule has 0 N–H and O–H groups in total. The van der Waals surface area contributed by atoms with E-state index in [0.717, 1.165) is 12.8 Å². The third kappa shape index (κ3) is 5.08. The summed E-state index contributed by atoms with van der Waals surface area (Å²) < 4.78 is 25.4. The number of carbonyl (C=O) groups is 2. The molecule has 0 heterocycles. The van der Waals surface area contributed by atoms with E-state index < -0.39 is 29.7 Å². The van der Waals surface area contributed by atoms with E-state index in [9.17, 15) is 14.0 Å². The van der Waals surface area contributed by atoms with Gasteiger partial charge in [-0.2, -0.15) is 5.26 Å². The van der Waals surface area contributed by atoms with E-state index in [0.29, 0.717) is 36.4 Å². The highest BCUT2D eigenvalue weighted by atomic mass is 19.1. The van der Waals surface area contributed by atoms with Gasteiger partial charge >= 0.3 is 5.97 Å². The van der Waals surface area contributed by atoms with Crippen molar-refractivity contribution in [3.63, 3.8) is 0 Å². The standard InChI is InChI=1S/C25H27FN2O4/c1-2-31-20-12-10-19(11-13-20)28(17-7-16-27)23(29)18-32-24(30)25(14-5-6-15-25)21-8-3-4-9-22(21)26/h3-4,8-13H,2,5-7,14-15,17-18H2,1H3. The zero-order chi connectivity index (χ0) is 23.0. The molecular weight excluding hydrogens is 411 g/mol. The number of benzene rings is 2. The number of esters is 1. The number of amides is 1. The molecule has 7 heteroatoms. The van der Waals surface area contributed by atoms with Crippen molar-refractivity contribution in [2.75, 3.05) is 24.7 Å². The molecule has 1 amide bonds. The lowest BCUT2D eigenvalue weighted by Crippen LogP contribution is -2.40. The molecule has 0 spiro atoms. The Labute approximate surface area is 187 Å². The Balaban J connectivity index is 1.74. The minimum atomic E-state index is -1.07. The molecule has 6 nitrogen and oxygen atoms in total. The maximum absolute atomic E-state index is 14.5. The summed E-state index contributed by atoms with van der Waals surface area (Å²) in [5.74, 6) is -0.800. The van der Waals surface area contributed by atoms with Crippen molar-refractivity contribution >= 4 is 17.6 Å². The highest BCUT2D eigenvalue weighted by molar-refractivity contribution is 5.96. The van der Waals surface area contributed by atoms with E-state index in [1.165, 1.54) is 11.0 Å². The van der Waals surface area contributed by atoms with Gasteiger partial charge in [-0.3, -0.25) is 9.59 Å². The van der Waals surface area contributed by atoms with E-state index in [-0.39, 0.29) is 13.0 Å². The van der Waals surface area contributed by atoms with Crippen molar-refractivity contribution in [3.8, 4) is 11.8 Å². The van der Waals surface area contributed by atoms with Gasteiger partial charge in [0.05, 0.1) is 24.5 Å². The van der Waals surface area contributed by atoms with Crippen molar-refractivity contribution < 1.29 is 23.5 Å². The lowest BCUT2D eigenvalue weighted by atomic mass is 9.78. The van der Waals surface area contributed by atoms with Gasteiger partial charge in [-0.25, -0.2) is 4.39 Å². The number of rotatable bonds is 9. The van der Waals surface area contributed by atoms with Crippen LogP contribution in [0.2, 0.25) is 0 Å². The highest BCUT2D eigenvalue weighted by Gasteiger charge is 2.46. The van der Waals surface area contributed by atoms with E-state index >= 15 is 0 Å². The third-order valence-electron chi connectivity index (χ3n) is 5.77. The molecule has 0 atom stereocenters. The fourth-order valence-electron chi connectivity index (χ4n) is 4.20. The first-order valence-electron chi connectivity index (χ1n) is 10.8. The summed E-state index contributed by atoms with van der Waals surface area (Å²) in [6.45, 7) is 2.09. The minimum absolute atomic E-state index is 0.131. The maximum atomic E-state index is 14.5. The molecule has 1 saturated carbocycles. The van der Waals surface area contributed by atoms with Crippen molar-refractivity contribution in [1.29, 1.82) is 5.26 Å². The summed E-state index contributed by atoms with van der Waals surface area (Å²) in [5.41, 5.74) is -0.167. The first kappa shape index (κ1) is 23.3. The average molecular weight is 438 g/mol. The topological polar surface area (TPSA) is 79.6 Å². The molecule has 1 aliphatic carbocycles. The molecule has 1 aliphatic rings. The van der Waals surface area contributed by atoms with Crippen LogP contribution in [-0.4, -0.2) is 31.6 Å². The van der Waals surface area contributed by atoms with Crippen LogP contribution in [0.1, 0.15) is 44.6 Å². The lowest BCUT2D eigenvalue weighted by molar-refractivity contribution is -0.154. The van der Waals surface area contributed by atoms with Crippen LogP contribution in [0.15, 0.2) is 48.5 Å². The molecule has 0 aromatic heterocycles. The van der Waals surface area contributed by atoms with Crippen molar-refractivity contribution in [1.82, 2.24) is 0 Å². The van der Waals surface area contributed by atoms with Crippen LogP contribution in [-0.2, 0) is 19.7 Å². The van der Waals surface area contributed by atoms with Gasteiger partial charge in [0.1, 0.15) is 11.6 Å². The van der Waals surface area contributed by atoms with Crippen LogP contribution < -0.4 is 9.64 Å². The second-order valence-electron chi connectivity index (χ2n) is 7.73. The SMILES string of the molecule is CCOc1ccc(N(CCC#N)C(=O)COC(=O)C2(c3ccccc3F)CCCC2)cc1. The number of nitrogens with zero attached hydrogens (tertiary/aromatic N) is 2. The summed E-state index contributed by atoms with van der Waals surface area (Å²) in [6.07, 6.45) is 2.68. The molecule has 2 aromatic rings. The maximum Gasteiger partial charge on any atom is 0.317 e. The summed E-state index contributed by atoms with van der Waals surface area (Å²) >= 11 is 0. The lowest BCUT2D eigenvalue weighted by Gasteiger charge is -2.28. The molecule has 0 unspecified atom stereocenters. The van der Waals surface area contributed by atoms with Gasteiger partial charge in [-0.15, -0.1) is 0 Å². The molecule has 0 radical (unpaired) electrons. The molecule has 168 valence electrons. The number of carbonyl (C=O) groups excluding carboxylic acids is 2. The van der Waals surface area contributed by atoms with Crippen LogP contribution in [0.25, 0.3) is 0 Å². The second kappa shape index (κ2) is 10.8. The van der Waals surface area contributed by atoms with E-state index in [2.05, 4.69) is 0 Å². The van der Waals surface area contributed by atoms with Crippen LogP contribution in [0, 0.1) is 17.1 Å². The molecule has 2 aromatic carbocycles. The molecule has 0 saturated heterocycles. The Morgan fingerprint density at radius 1 is 1.12 bits per heavy atom. The van der Waals surface area contributed by atoms with Gasteiger partial charge in [0.15, 0.2) is 6.61 Å². The zero-order valence-electron chi connectivity index (χ0n) is 18.2. The van der Waals surface area contributed by atoms with E-state index in [1.807, 2.05) is 13.0 Å². The summed E-state index contributed by atoms with van der Waals surface area (Å²) in [5, 5.41) is 8.98. The van der Waals surface area contributed by atoms with Gasteiger partial charge in [0.2, 0.25) is 0 Å². The number of nitriles is 1. The predicted octanol–water partition coefficient (Wildman–Crippen LogP) is 4.53. The minimum Gasteiger partial charge on any atom is -0.494 e. The molecular formula is C25H27FN2O4. The fourth-order valence-corrected chi connectivity index (χ4v) is 4.20. The van der Waals surface area contributed by atoms with Gasteiger partial charge in [-0.1, -0.05) is 31.0 Å². The highest BCUT2D eigenvalue weighted by Crippen LogP contribution is 2.43. The number of hydrogen-bond donors (Lipinski definition) is 0. The quantitative estimate of drug-likeness (QED) is 0.538. The van der Waals surface area contributed by atoms with Crippen molar-refractivity contribution in [2.45, 2.75) is 44.4 Å². The Bertz CT molecular complexity index is 978. The van der Waals surface area contributed by atoms with Crippen molar-refractivity contribution in [3.05, 3.63) is 59.9 Å². The summed E-state index contributed by atoms with van der Waals surface area (Å²) in [4.78, 5) is 27.4. The number of anilines is 1. The molecule has 0 aliphatic heterocycles. The monoisotopic (exact) mass is 438 g/mol. The van der Waals surface area contributed by atoms with Gasteiger partial charge in [0.25, 0.3) is 5.91 Å². The molecule has 3 rings (SSSR count). The molecule has 1 fully saturated rings. The molecule has 32 heavy (non-hydrogen) atoms. The number of hydrogen-bond acceptors (Lipinski definition) is 5. The second-order valence-corrected chi connectivity index (χ2v) is 7.73. The Kier molecular flexibility index (Phi) is 7.82. The number of ether oxygens (including phenoxy) is 2. The summed E-state index contributed by atoms with van der Waals surface area (Å²) in [7, 11) is 0. The van der Waals surface area contributed by atoms with Crippen molar-refractivity contribution in [2.24, 2.45) is 0 Å². The Hall–Kier alpha value is -3.40. The first-order valence-corrected chi connectivity index (χ1v) is 10.8. The smallest absolute Gasteiger partial charge is 0.317 e. The zero-order valence-corrected chi connectivity index (χ0v) is 18.2. The Morgan fingerprint density at radius 3 is 2.44 bits per heavy atom. The van der Waals surface area contributed by atoms with Crippen LogP contribution >= 0.6 is 0 Å². The van der Waals surface area contributed by atoms with Gasteiger partial charge in [-0.05, 0) is 50.1 Å². The van der Waals surface area contributed by atoms with Crippen LogP contribution in [0.5, 0.6) is 5.75 Å². The number of halogens is 1. The third-order valence-corrected chi connectivity index (χ3v) is 5.77. The van der Waals surface area contributed by atoms with E-state index in [4.69, 9.17) is 14.7 Å². The van der Waals surface area contributed by atoms with E-state index in [1.54, 1.807) is 42.5 Å². The average Bonchev–Trinajstić information content (AvgIpc) is 3.30. The summed E-state index contributed by atoms with van der Waals surface area (Å²) in [6, 6.07) is 15.2. The fraction of sp³-hybridized carbons (Fsp3) is 0.400.